The summed E-state index contributed by atoms with van der Waals surface area (Å²) in [6, 6.07) is 17.3. The number of aromatic amines is 1. The van der Waals surface area contributed by atoms with Gasteiger partial charge in [-0.1, -0.05) is 42.0 Å². The Hall–Kier alpha value is -2.55. The van der Waals surface area contributed by atoms with Gasteiger partial charge in [-0.2, -0.15) is 0 Å². The first-order valence-electron chi connectivity index (χ1n) is 7.14. The Bertz CT molecular complexity index is 682. The van der Waals surface area contributed by atoms with Crippen molar-refractivity contribution in [1.29, 1.82) is 0 Å². The predicted molar refractivity (Wildman–Crippen MR) is 87.2 cm³/mol. The van der Waals surface area contributed by atoms with Crippen LogP contribution in [0.3, 0.4) is 0 Å². The zero-order chi connectivity index (χ0) is 14.7. The Kier molecular flexibility index (Phi) is 3.73. The number of nitrogens with one attached hydrogen (secondary N) is 2. The van der Waals surface area contributed by atoms with Gasteiger partial charge in [-0.25, -0.2) is 4.98 Å². The molecular formula is C18H19N3. The van der Waals surface area contributed by atoms with E-state index >= 15 is 0 Å². The van der Waals surface area contributed by atoms with Crippen LogP contribution in [0.1, 0.15) is 24.1 Å². The Balaban J connectivity index is 1.71. The fourth-order valence-electron chi connectivity index (χ4n) is 2.35. The predicted octanol–water partition coefficient (Wildman–Crippen LogP) is 4.56. The van der Waals surface area contributed by atoms with Crippen molar-refractivity contribution in [3.63, 3.8) is 0 Å². The minimum Gasteiger partial charge on any atom is -0.379 e. The van der Waals surface area contributed by atoms with Gasteiger partial charge in [-0.05, 0) is 37.1 Å². The summed E-state index contributed by atoms with van der Waals surface area (Å²) in [6.45, 7) is 4.28. The summed E-state index contributed by atoms with van der Waals surface area (Å²) in [5, 5.41) is 3.52. The molecule has 0 radical (unpaired) electrons. The third-order valence-corrected chi connectivity index (χ3v) is 3.65. The van der Waals surface area contributed by atoms with Gasteiger partial charge in [0.05, 0.1) is 18.2 Å². The Morgan fingerprint density at radius 3 is 2.33 bits per heavy atom. The summed E-state index contributed by atoms with van der Waals surface area (Å²) in [5.41, 5.74) is 5.87. The number of hydrogen-bond donors (Lipinski definition) is 2. The van der Waals surface area contributed by atoms with Crippen LogP contribution in [0.4, 0.5) is 5.69 Å². The van der Waals surface area contributed by atoms with Gasteiger partial charge in [0.1, 0.15) is 0 Å². The minimum atomic E-state index is 0.281. The van der Waals surface area contributed by atoms with E-state index in [9.17, 15) is 0 Å². The first kappa shape index (κ1) is 13.4. The van der Waals surface area contributed by atoms with E-state index in [1.807, 2.05) is 6.20 Å². The average molecular weight is 277 g/mol. The maximum absolute atomic E-state index is 4.04. The van der Waals surface area contributed by atoms with Crippen molar-refractivity contribution in [3.05, 3.63) is 72.2 Å². The topological polar surface area (TPSA) is 40.7 Å². The highest BCUT2D eigenvalue weighted by Crippen LogP contribution is 2.22. The largest absolute Gasteiger partial charge is 0.379 e. The number of anilines is 1. The van der Waals surface area contributed by atoms with Crippen molar-refractivity contribution in [2.75, 3.05) is 5.32 Å². The molecule has 0 saturated heterocycles. The number of nitrogens with zero attached hydrogens (tertiary/aromatic N) is 1. The van der Waals surface area contributed by atoms with Crippen LogP contribution in [-0.4, -0.2) is 9.97 Å². The van der Waals surface area contributed by atoms with Crippen LogP contribution >= 0.6 is 0 Å². The van der Waals surface area contributed by atoms with E-state index in [2.05, 4.69) is 77.7 Å². The summed E-state index contributed by atoms with van der Waals surface area (Å²) < 4.78 is 0. The molecule has 0 fully saturated rings. The molecule has 0 aliphatic heterocycles. The van der Waals surface area contributed by atoms with E-state index in [0.29, 0.717) is 0 Å². The monoisotopic (exact) mass is 277 g/mol. The van der Waals surface area contributed by atoms with Crippen molar-refractivity contribution in [2.45, 2.75) is 19.9 Å². The Labute approximate surface area is 125 Å². The second kappa shape index (κ2) is 5.83. The van der Waals surface area contributed by atoms with Crippen LogP contribution in [0.5, 0.6) is 0 Å². The summed E-state index contributed by atoms with van der Waals surface area (Å²) in [6.07, 6.45) is 3.53. The van der Waals surface area contributed by atoms with Crippen molar-refractivity contribution in [3.8, 4) is 11.3 Å². The summed E-state index contributed by atoms with van der Waals surface area (Å²) in [4.78, 5) is 7.16. The molecule has 1 heterocycles. The van der Waals surface area contributed by atoms with Gasteiger partial charge < -0.3 is 10.3 Å². The number of benzene rings is 2. The Morgan fingerprint density at radius 2 is 1.71 bits per heavy atom. The van der Waals surface area contributed by atoms with E-state index < -0.39 is 0 Å². The molecular weight excluding hydrogens is 258 g/mol. The highest BCUT2D eigenvalue weighted by molar-refractivity contribution is 5.62. The fourth-order valence-corrected chi connectivity index (χ4v) is 2.35. The van der Waals surface area contributed by atoms with Crippen molar-refractivity contribution in [1.82, 2.24) is 9.97 Å². The SMILES string of the molecule is Cc1ccc(C(C)Nc2ccc(-c3cnc[nH]3)cc2)cc1. The number of hydrogen-bond acceptors (Lipinski definition) is 2. The van der Waals surface area contributed by atoms with E-state index in [-0.39, 0.29) is 6.04 Å². The first-order valence-corrected chi connectivity index (χ1v) is 7.14. The zero-order valence-corrected chi connectivity index (χ0v) is 12.3. The van der Waals surface area contributed by atoms with Gasteiger partial charge in [-0.15, -0.1) is 0 Å². The normalized spacial score (nSPS) is 12.1. The van der Waals surface area contributed by atoms with Gasteiger partial charge in [0.15, 0.2) is 0 Å². The van der Waals surface area contributed by atoms with E-state index in [1.54, 1.807) is 6.33 Å². The molecule has 1 unspecified atom stereocenters. The highest BCUT2D eigenvalue weighted by atomic mass is 14.9. The van der Waals surface area contributed by atoms with E-state index in [4.69, 9.17) is 0 Å². The number of aryl methyl sites for hydroxylation is 1. The zero-order valence-electron chi connectivity index (χ0n) is 12.3. The average Bonchev–Trinajstić information content (AvgIpc) is 3.03. The molecule has 106 valence electrons. The molecule has 0 saturated carbocycles. The quantitative estimate of drug-likeness (QED) is 0.734. The second-order valence-electron chi connectivity index (χ2n) is 5.32. The van der Waals surface area contributed by atoms with Crippen LogP contribution in [0.2, 0.25) is 0 Å². The standard InChI is InChI=1S/C18H19N3/c1-13-3-5-15(6-4-13)14(2)21-17-9-7-16(8-10-17)18-11-19-12-20-18/h3-12,14,21H,1-2H3,(H,19,20). The number of H-pyrrole nitrogens is 1. The lowest BCUT2D eigenvalue weighted by molar-refractivity contribution is 0.884. The van der Waals surface area contributed by atoms with Gasteiger partial charge >= 0.3 is 0 Å². The second-order valence-corrected chi connectivity index (χ2v) is 5.32. The molecule has 3 nitrogen and oxygen atoms in total. The van der Waals surface area contributed by atoms with Gasteiger partial charge in [-0.3, -0.25) is 0 Å². The third kappa shape index (κ3) is 3.14. The molecule has 3 aromatic rings. The van der Waals surface area contributed by atoms with Crippen LogP contribution in [0.15, 0.2) is 61.1 Å². The maximum atomic E-state index is 4.04. The molecule has 1 atom stereocenters. The number of aromatic nitrogens is 2. The molecule has 2 N–H and O–H groups in total. The van der Waals surface area contributed by atoms with Crippen molar-refractivity contribution >= 4 is 5.69 Å². The smallest absolute Gasteiger partial charge is 0.0924 e. The van der Waals surface area contributed by atoms with Gasteiger partial charge in [0, 0.05) is 11.7 Å². The molecule has 0 amide bonds. The molecule has 21 heavy (non-hydrogen) atoms. The molecule has 2 aromatic carbocycles. The van der Waals surface area contributed by atoms with E-state index in [0.717, 1.165) is 16.9 Å². The first-order chi connectivity index (χ1) is 10.2. The summed E-state index contributed by atoms with van der Waals surface area (Å²) in [5.74, 6) is 0. The molecule has 0 bridgehead atoms. The highest BCUT2D eigenvalue weighted by Gasteiger charge is 2.05. The molecule has 0 aliphatic rings. The van der Waals surface area contributed by atoms with Gasteiger partial charge in [0.2, 0.25) is 0 Å². The maximum Gasteiger partial charge on any atom is 0.0924 e. The van der Waals surface area contributed by atoms with Gasteiger partial charge in [0.25, 0.3) is 0 Å². The lowest BCUT2D eigenvalue weighted by atomic mass is 10.1. The lowest BCUT2D eigenvalue weighted by Crippen LogP contribution is -2.06. The fraction of sp³-hybridized carbons (Fsp3) is 0.167. The minimum absolute atomic E-state index is 0.281. The molecule has 1 aromatic heterocycles. The number of rotatable bonds is 4. The van der Waals surface area contributed by atoms with Crippen LogP contribution in [0, 0.1) is 6.92 Å². The van der Waals surface area contributed by atoms with Crippen LogP contribution in [0.25, 0.3) is 11.3 Å². The molecule has 3 heteroatoms. The van der Waals surface area contributed by atoms with Crippen molar-refractivity contribution in [2.24, 2.45) is 0 Å². The Morgan fingerprint density at radius 1 is 1.00 bits per heavy atom. The molecule has 0 spiro atoms. The van der Waals surface area contributed by atoms with Crippen LogP contribution < -0.4 is 5.32 Å². The number of imidazole rings is 1. The lowest BCUT2D eigenvalue weighted by Gasteiger charge is -2.16. The summed E-state index contributed by atoms with van der Waals surface area (Å²) >= 11 is 0. The summed E-state index contributed by atoms with van der Waals surface area (Å²) in [7, 11) is 0. The molecule has 0 aliphatic carbocycles. The third-order valence-electron chi connectivity index (χ3n) is 3.65. The van der Waals surface area contributed by atoms with Crippen molar-refractivity contribution < 1.29 is 0 Å². The molecule has 3 rings (SSSR count). The van der Waals surface area contributed by atoms with Crippen LogP contribution in [-0.2, 0) is 0 Å². The van der Waals surface area contributed by atoms with E-state index in [1.165, 1.54) is 11.1 Å².